The number of benzene rings is 2. The van der Waals surface area contributed by atoms with Crippen molar-refractivity contribution in [3.05, 3.63) is 63.4 Å². The third-order valence-corrected chi connectivity index (χ3v) is 6.03. The maximum atomic E-state index is 11.5. The van der Waals surface area contributed by atoms with Crippen LogP contribution in [-0.2, 0) is 6.61 Å². The van der Waals surface area contributed by atoms with Crippen molar-refractivity contribution in [3.8, 4) is 27.7 Å². The lowest BCUT2D eigenvalue weighted by Gasteiger charge is -2.09. The van der Waals surface area contributed by atoms with Crippen LogP contribution in [0.3, 0.4) is 0 Å². The van der Waals surface area contributed by atoms with Crippen molar-refractivity contribution in [1.29, 1.82) is 0 Å². The largest absolute Gasteiger partial charge is 0.504 e. The van der Waals surface area contributed by atoms with Gasteiger partial charge in [-0.15, -0.1) is 11.3 Å². The third kappa shape index (κ3) is 4.46. The minimum Gasteiger partial charge on any atom is -0.504 e. The van der Waals surface area contributed by atoms with Crippen LogP contribution in [0.1, 0.15) is 15.2 Å². The van der Waals surface area contributed by atoms with E-state index in [0.717, 1.165) is 16.9 Å². The number of carboxylic acid groups (broad SMARTS) is 1. The van der Waals surface area contributed by atoms with Crippen molar-refractivity contribution in [2.75, 3.05) is 13.2 Å². The molecule has 2 aromatic carbocycles. The minimum absolute atomic E-state index is 0.0132. The van der Waals surface area contributed by atoms with Gasteiger partial charge in [-0.25, -0.2) is 4.79 Å². The first-order valence-electron chi connectivity index (χ1n) is 8.30. The number of rotatable bonds is 8. The Balaban J connectivity index is 1.86. The number of carboxylic acids is 1. The summed E-state index contributed by atoms with van der Waals surface area (Å²) in [5.41, 5.74) is 1.59. The van der Waals surface area contributed by atoms with Crippen molar-refractivity contribution in [2.45, 2.75) is 6.61 Å². The van der Waals surface area contributed by atoms with Crippen molar-refractivity contribution < 1.29 is 29.6 Å². The molecule has 0 fully saturated rings. The fourth-order valence-electron chi connectivity index (χ4n) is 2.52. The molecule has 8 heteroatoms. The average molecular weight is 465 g/mol. The molecule has 3 rings (SSSR count). The lowest BCUT2D eigenvalue weighted by molar-refractivity contribution is 0.0696. The van der Waals surface area contributed by atoms with Crippen LogP contribution in [0.25, 0.3) is 10.4 Å². The van der Waals surface area contributed by atoms with E-state index >= 15 is 0 Å². The Hall–Kier alpha value is -2.55. The molecule has 0 bridgehead atoms. The lowest BCUT2D eigenvalue weighted by atomic mass is 10.1. The molecule has 1 aromatic heterocycles. The van der Waals surface area contributed by atoms with Gasteiger partial charge in [0.25, 0.3) is 0 Å². The Kier molecular flexibility index (Phi) is 6.56. The molecule has 0 aliphatic rings. The molecule has 0 atom stereocenters. The van der Waals surface area contributed by atoms with Gasteiger partial charge in [0, 0.05) is 0 Å². The Morgan fingerprint density at radius 1 is 1.11 bits per heavy atom. The van der Waals surface area contributed by atoms with Gasteiger partial charge in [0.05, 0.1) is 16.0 Å². The predicted molar refractivity (Wildman–Crippen MR) is 109 cm³/mol. The molecule has 0 aliphatic carbocycles. The number of phenolic OH excluding ortho intramolecular Hbond substituents is 1. The van der Waals surface area contributed by atoms with Gasteiger partial charge in [-0.2, -0.15) is 0 Å². The normalized spacial score (nSPS) is 10.6. The quantitative estimate of drug-likeness (QED) is 0.453. The van der Waals surface area contributed by atoms with Gasteiger partial charge >= 0.3 is 5.97 Å². The van der Waals surface area contributed by atoms with Crippen molar-refractivity contribution in [2.24, 2.45) is 0 Å². The molecule has 146 valence electrons. The van der Waals surface area contributed by atoms with E-state index in [1.165, 1.54) is 6.07 Å². The summed E-state index contributed by atoms with van der Waals surface area (Å²) in [5, 5.41) is 28.7. The molecular formula is C20H17BrO6S. The number of hydrogen-bond acceptors (Lipinski definition) is 6. The van der Waals surface area contributed by atoms with Crippen molar-refractivity contribution >= 4 is 33.2 Å². The number of thiophene rings is 1. The summed E-state index contributed by atoms with van der Waals surface area (Å²) in [6.07, 6.45) is 0. The van der Waals surface area contributed by atoms with Crippen LogP contribution in [0.5, 0.6) is 17.2 Å². The molecule has 3 aromatic rings. The Labute approximate surface area is 173 Å². The van der Waals surface area contributed by atoms with Crippen LogP contribution in [0.2, 0.25) is 0 Å². The Morgan fingerprint density at radius 3 is 2.50 bits per heavy atom. The van der Waals surface area contributed by atoms with E-state index in [1.807, 2.05) is 30.3 Å². The first-order valence-corrected chi connectivity index (χ1v) is 9.91. The summed E-state index contributed by atoms with van der Waals surface area (Å²) in [6.45, 7) is 0.0657. The van der Waals surface area contributed by atoms with Crippen LogP contribution >= 0.6 is 27.3 Å². The van der Waals surface area contributed by atoms with Crippen molar-refractivity contribution in [3.63, 3.8) is 0 Å². The summed E-state index contributed by atoms with van der Waals surface area (Å²) in [4.78, 5) is 12.1. The zero-order valence-electron chi connectivity index (χ0n) is 14.6. The summed E-state index contributed by atoms with van der Waals surface area (Å²) >= 11 is 4.39. The van der Waals surface area contributed by atoms with E-state index in [-0.39, 0.29) is 29.6 Å². The van der Waals surface area contributed by atoms with E-state index in [4.69, 9.17) is 14.6 Å². The molecule has 0 spiro atoms. The average Bonchev–Trinajstić information content (AvgIpc) is 3.03. The van der Waals surface area contributed by atoms with Crippen LogP contribution < -0.4 is 9.47 Å². The fraction of sp³-hybridized carbons (Fsp3) is 0.150. The van der Waals surface area contributed by atoms with Gasteiger partial charge in [0.15, 0.2) is 22.1 Å². The number of carbonyl (C=O) groups is 1. The maximum absolute atomic E-state index is 11.5. The molecule has 6 nitrogen and oxygen atoms in total. The number of hydrogen-bond donors (Lipinski definition) is 3. The molecule has 0 unspecified atom stereocenters. The van der Waals surface area contributed by atoms with Crippen LogP contribution in [0, 0.1) is 0 Å². The van der Waals surface area contributed by atoms with E-state index in [0.29, 0.717) is 27.3 Å². The summed E-state index contributed by atoms with van der Waals surface area (Å²) in [5.74, 6) is -0.693. The van der Waals surface area contributed by atoms with Gasteiger partial charge in [0.2, 0.25) is 0 Å². The Bertz CT molecular complexity index is 970. The number of ether oxygens (including phenoxy) is 2. The smallest absolute Gasteiger partial charge is 0.349 e. The standard InChI is InChI=1S/C20H17BrO6S/c21-16-17(26-9-8-22)19(20(24)25)28-18(16)13-6-7-15(14(23)10-13)27-11-12-4-2-1-3-5-12/h1-7,10,22-23H,8-9,11H2,(H,24,25). The van der Waals surface area contributed by atoms with E-state index in [1.54, 1.807) is 12.1 Å². The second-order valence-electron chi connectivity index (χ2n) is 5.74. The van der Waals surface area contributed by atoms with Gasteiger partial charge in [0.1, 0.15) is 13.2 Å². The van der Waals surface area contributed by atoms with Gasteiger partial charge in [-0.1, -0.05) is 30.3 Å². The lowest BCUT2D eigenvalue weighted by Crippen LogP contribution is -2.04. The van der Waals surface area contributed by atoms with E-state index in [2.05, 4.69) is 15.9 Å². The number of aliphatic hydroxyl groups excluding tert-OH is 1. The number of aromatic carboxylic acids is 1. The van der Waals surface area contributed by atoms with Crippen molar-refractivity contribution in [1.82, 2.24) is 0 Å². The molecule has 0 aliphatic heterocycles. The summed E-state index contributed by atoms with van der Waals surface area (Å²) in [7, 11) is 0. The maximum Gasteiger partial charge on any atom is 0.349 e. The highest BCUT2D eigenvalue weighted by Gasteiger charge is 2.24. The number of aliphatic hydroxyl groups is 1. The molecule has 0 amide bonds. The second-order valence-corrected chi connectivity index (χ2v) is 7.55. The van der Waals surface area contributed by atoms with Gasteiger partial charge < -0.3 is 24.8 Å². The monoisotopic (exact) mass is 464 g/mol. The predicted octanol–water partition coefficient (Wildman–Crippen LogP) is 4.53. The van der Waals surface area contributed by atoms with Crippen LogP contribution in [-0.4, -0.2) is 34.5 Å². The number of aromatic hydroxyl groups is 1. The topological polar surface area (TPSA) is 96.2 Å². The van der Waals surface area contributed by atoms with Gasteiger partial charge in [-0.3, -0.25) is 0 Å². The zero-order valence-corrected chi connectivity index (χ0v) is 17.0. The minimum atomic E-state index is -1.13. The number of phenols is 1. The van der Waals surface area contributed by atoms with Crippen LogP contribution in [0.4, 0.5) is 0 Å². The first-order chi connectivity index (χ1) is 13.5. The van der Waals surface area contributed by atoms with E-state index < -0.39 is 5.97 Å². The molecule has 0 saturated carbocycles. The molecule has 0 saturated heterocycles. The highest BCUT2D eigenvalue weighted by atomic mass is 79.9. The van der Waals surface area contributed by atoms with Crippen LogP contribution in [0.15, 0.2) is 53.0 Å². The van der Waals surface area contributed by atoms with E-state index in [9.17, 15) is 15.0 Å². The fourth-order valence-corrected chi connectivity index (χ4v) is 4.40. The summed E-state index contributed by atoms with van der Waals surface area (Å²) in [6, 6.07) is 14.5. The second kappa shape index (κ2) is 9.09. The first kappa shape index (κ1) is 20.2. The zero-order chi connectivity index (χ0) is 20.1. The highest BCUT2D eigenvalue weighted by Crippen LogP contribution is 2.47. The molecule has 1 heterocycles. The number of halogens is 1. The molecular weight excluding hydrogens is 448 g/mol. The molecule has 0 radical (unpaired) electrons. The molecule has 28 heavy (non-hydrogen) atoms. The SMILES string of the molecule is O=C(O)c1sc(-c2ccc(OCc3ccccc3)c(O)c2)c(Br)c1OCCO. The highest BCUT2D eigenvalue weighted by molar-refractivity contribution is 9.10. The molecule has 3 N–H and O–H groups in total. The third-order valence-electron chi connectivity index (χ3n) is 3.80. The van der Waals surface area contributed by atoms with Gasteiger partial charge in [-0.05, 0) is 45.3 Å². The Morgan fingerprint density at radius 2 is 1.86 bits per heavy atom. The summed E-state index contributed by atoms with van der Waals surface area (Å²) < 4.78 is 11.5.